The van der Waals surface area contributed by atoms with Crippen molar-refractivity contribution < 1.29 is 5.11 Å². The van der Waals surface area contributed by atoms with Crippen LogP contribution in [-0.4, -0.2) is 27.4 Å². The lowest BCUT2D eigenvalue weighted by atomic mass is 10.3. The van der Waals surface area contributed by atoms with E-state index in [9.17, 15) is 4.79 Å². The molecule has 0 bridgehead atoms. The van der Waals surface area contributed by atoms with Gasteiger partial charge in [-0.1, -0.05) is 11.6 Å². The standard InChI is InChI=1S/C8H10ClN3O2/c9-6-5(3-10-12-7(6)14)11-8(4-13)1-2-8/h3,13H,1-2,4H2,(H2,11,12,14). The normalized spacial score (nSPS) is 17.9. The lowest BCUT2D eigenvalue weighted by molar-refractivity contribution is 0.266. The molecule has 0 aliphatic heterocycles. The summed E-state index contributed by atoms with van der Waals surface area (Å²) < 4.78 is 0. The van der Waals surface area contributed by atoms with Crippen molar-refractivity contribution in [3.63, 3.8) is 0 Å². The number of halogens is 1. The number of nitrogens with one attached hydrogen (secondary N) is 2. The molecule has 0 unspecified atom stereocenters. The van der Waals surface area contributed by atoms with Crippen LogP contribution in [-0.2, 0) is 0 Å². The Morgan fingerprint density at radius 3 is 3.00 bits per heavy atom. The summed E-state index contributed by atoms with van der Waals surface area (Å²) >= 11 is 5.76. The molecule has 5 nitrogen and oxygen atoms in total. The number of aliphatic hydroxyl groups excluding tert-OH is 1. The summed E-state index contributed by atoms with van der Waals surface area (Å²) in [4.78, 5) is 11.1. The summed E-state index contributed by atoms with van der Waals surface area (Å²) in [6.07, 6.45) is 3.21. The van der Waals surface area contributed by atoms with Gasteiger partial charge in [0.2, 0.25) is 0 Å². The Morgan fingerprint density at radius 2 is 2.43 bits per heavy atom. The maximum absolute atomic E-state index is 11.1. The number of anilines is 1. The zero-order valence-electron chi connectivity index (χ0n) is 7.38. The molecule has 0 atom stereocenters. The summed E-state index contributed by atoms with van der Waals surface area (Å²) in [7, 11) is 0. The average Bonchev–Trinajstić information content (AvgIpc) is 2.94. The SMILES string of the molecule is O=c1[nH]ncc(NC2(CO)CC2)c1Cl. The fraction of sp³-hybridized carbons (Fsp3) is 0.500. The van der Waals surface area contributed by atoms with Crippen molar-refractivity contribution in [2.45, 2.75) is 18.4 Å². The highest BCUT2D eigenvalue weighted by Crippen LogP contribution is 2.39. The minimum absolute atomic E-state index is 0.0378. The van der Waals surface area contributed by atoms with Gasteiger partial charge in [-0.2, -0.15) is 5.10 Å². The van der Waals surface area contributed by atoms with Crippen LogP contribution in [0.5, 0.6) is 0 Å². The molecule has 1 aromatic rings. The highest BCUT2D eigenvalue weighted by Gasteiger charge is 2.42. The van der Waals surface area contributed by atoms with Crippen molar-refractivity contribution in [3.05, 3.63) is 21.6 Å². The van der Waals surface area contributed by atoms with E-state index in [1.54, 1.807) is 0 Å². The van der Waals surface area contributed by atoms with Crippen molar-refractivity contribution in [2.24, 2.45) is 0 Å². The molecule has 1 fully saturated rings. The molecule has 2 rings (SSSR count). The molecule has 0 radical (unpaired) electrons. The number of hydrogen-bond acceptors (Lipinski definition) is 4. The number of aromatic nitrogens is 2. The summed E-state index contributed by atoms with van der Waals surface area (Å²) in [6, 6.07) is 0. The molecule has 0 amide bonds. The van der Waals surface area contributed by atoms with Crippen LogP contribution in [0.2, 0.25) is 5.02 Å². The van der Waals surface area contributed by atoms with Crippen LogP contribution in [0.15, 0.2) is 11.0 Å². The summed E-state index contributed by atoms with van der Waals surface area (Å²) in [5.41, 5.74) is -0.244. The first kappa shape index (κ1) is 9.48. The third kappa shape index (κ3) is 1.60. The van der Waals surface area contributed by atoms with Gasteiger partial charge in [-0.25, -0.2) is 5.10 Å². The molecule has 3 N–H and O–H groups in total. The lowest BCUT2D eigenvalue weighted by Crippen LogP contribution is -2.27. The van der Waals surface area contributed by atoms with Gasteiger partial charge in [-0.15, -0.1) is 0 Å². The average molecular weight is 216 g/mol. The molecule has 14 heavy (non-hydrogen) atoms. The van der Waals surface area contributed by atoms with E-state index in [1.165, 1.54) is 6.20 Å². The third-order valence-electron chi connectivity index (χ3n) is 2.35. The minimum atomic E-state index is -0.426. The number of aliphatic hydroxyl groups is 1. The van der Waals surface area contributed by atoms with E-state index < -0.39 is 5.56 Å². The molecular weight excluding hydrogens is 206 g/mol. The molecule has 0 spiro atoms. The monoisotopic (exact) mass is 215 g/mol. The predicted molar refractivity (Wildman–Crippen MR) is 52.5 cm³/mol. The van der Waals surface area contributed by atoms with E-state index in [-0.39, 0.29) is 17.2 Å². The van der Waals surface area contributed by atoms with Crippen molar-refractivity contribution >= 4 is 17.3 Å². The fourth-order valence-corrected chi connectivity index (χ4v) is 1.37. The van der Waals surface area contributed by atoms with Crippen LogP contribution in [0.25, 0.3) is 0 Å². The number of rotatable bonds is 3. The zero-order chi connectivity index (χ0) is 10.2. The van der Waals surface area contributed by atoms with E-state index in [2.05, 4.69) is 15.5 Å². The van der Waals surface area contributed by atoms with Gasteiger partial charge in [0.15, 0.2) is 0 Å². The molecule has 1 heterocycles. The maximum atomic E-state index is 11.1. The molecule has 76 valence electrons. The second-order valence-corrected chi connectivity index (χ2v) is 3.87. The molecular formula is C8H10ClN3O2. The lowest BCUT2D eigenvalue weighted by Gasteiger charge is -2.15. The Kier molecular flexibility index (Phi) is 2.20. The number of hydrogen-bond donors (Lipinski definition) is 3. The maximum Gasteiger partial charge on any atom is 0.285 e. The molecule has 1 aliphatic carbocycles. The summed E-state index contributed by atoms with van der Waals surface area (Å²) in [6.45, 7) is 0.0378. The zero-order valence-corrected chi connectivity index (χ0v) is 8.14. The van der Waals surface area contributed by atoms with Crippen molar-refractivity contribution in [3.8, 4) is 0 Å². The molecule has 0 saturated heterocycles. The van der Waals surface area contributed by atoms with E-state index in [1.807, 2.05) is 0 Å². The largest absolute Gasteiger partial charge is 0.394 e. The van der Waals surface area contributed by atoms with E-state index in [0.717, 1.165) is 12.8 Å². The summed E-state index contributed by atoms with van der Waals surface area (Å²) in [5.74, 6) is 0. The number of aromatic amines is 1. The van der Waals surface area contributed by atoms with Crippen molar-refractivity contribution in [2.75, 3.05) is 11.9 Å². The molecule has 6 heteroatoms. The van der Waals surface area contributed by atoms with E-state index >= 15 is 0 Å². The van der Waals surface area contributed by atoms with Crippen LogP contribution in [0.3, 0.4) is 0 Å². The van der Waals surface area contributed by atoms with Crippen molar-refractivity contribution in [1.29, 1.82) is 0 Å². The van der Waals surface area contributed by atoms with Crippen LogP contribution in [0.4, 0.5) is 5.69 Å². The highest BCUT2D eigenvalue weighted by molar-refractivity contribution is 6.32. The topological polar surface area (TPSA) is 78.0 Å². The third-order valence-corrected chi connectivity index (χ3v) is 2.73. The predicted octanol–water partition coefficient (Wildman–Crippen LogP) is 0.360. The van der Waals surface area contributed by atoms with Gasteiger partial charge in [0.1, 0.15) is 5.02 Å². The second kappa shape index (κ2) is 3.25. The Morgan fingerprint density at radius 1 is 1.71 bits per heavy atom. The van der Waals surface area contributed by atoms with Gasteiger partial charge in [0.05, 0.1) is 24.0 Å². The quantitative estimate of drug-likeness (QED) is 0.681. The van der Waals surface area contributed by atoms with Gasteiger partial charge in [0.25, 0.3) is 5.56 Å². The van der Waals surface area contributed by atoms with E-state index in [0.29, 0.717) is 5.69 Å². The molecule has 1 aromatic heterocycles. The molecule has 1 saturated carbocycles. The highest BCUT2D eigenvalue weighted by atomic mass is 35.5. The molecule has 1 aliphatic rings. The Balaban J connectivity index is 2.25. The number of nitrogens with zero attached hydrogens (tertiary/aromatic N) is 1. The smallest absolute Gasteiger partial charge is 0.285 e. The van der Waals surface area contributed by atoms with Gasteiger partial charge < -0.3 is 10.4 Å². The van der Waals surface area contributed by atoms with Crippen LogP contribution >= 0.6 is 11.6 Å². The van der Waals surface area contributed by atoms with Gasteiger partial charge in [0, 0.05) is 0 Å². The Hall–Kier alpha value is -1.07. The first-order valence-electron chi connectivity index (χ1n) is 4.29. The molecule has 0 aromatic carbocycles. The number of H-pyrrole nitrogens is 1. The Bertz CT molecular complexity index is 400. The van der Waals surface area contributed by atoms with Gasteiger partial charge in [-0.3, -0.25) is 4.79 Å². The fourth-order valence-electron chi connectivity index (χ4n) is 1.23. The van der Waals surface area contributed by atoms with Crippen LogP contribution < -0.4 is 10.9 Å². The van der Waals surface area contributed by atoms with Crippen LogP contribution in [0, 0.1) is 0 Å². The van der Waals surface area contributed by atoms with Gasteiger partial charge >= 0.3 is 0 Å². The van der Waals surface area contributed by atoms with Gasteiger partial charge in [-0.05, 0) is 12.8 Å². The summed E-state index contributed by atoms with van der Waals surface area (Å²) in [5, 5.41) is 18.0. The Labute approximate surface area is 85.1 Å². The van der Waals surface area contributed by atoms with E-state index in [4.69, 9.17) is 16.7 Å². The first-order chi connectivity index (χ1) is 6.67. The first-order valence-corrected chi connectivity index (χ1v) is 4.67. The minimum Gasteiger partial charge on any atom is -0.394 e. The van der Waals surface area contributed by atoms with Crippen molar-refractivity contribution in [1.82, 2.24) is 10.2 Å². The second-order valence-electron chi connectivity index (χ2n) is 3.49. The van der Waals surface area contributed by atoms with Crippen LogP contribution in [0.1, 0.15) is 12.8 Å².